The van der Waals surface area contributed by atoms with Gasteiger partial charge in [0.2, 0.25) is 0 Å². The van der Waals surface area contributed by atoms with Crippen LogP contribution in [-0.4, -0.2) is 22.9 Å². The summed E-state index contributed by atoms with van der Waals surface area (Å²) in [6, 6.07) is 1.95. The Morgan fingerprint density at radius 1 is 1.53 bits per heavy atom. The van der Waals surface area contributed by atoms with Gasteiger partial charge in [0, 0.05) is 6.07 Å². The number of esters is 1. The van der Waals surface area contributed by atoms with Crippen LogP contribution < -0.4 is 5.56 Å². The topological polar surface area (TPSA) is 61.2 Å². The fraction of sp³-hybridized carbons (Fsp3) is 0.545. The fourth-order valence-corrected chi connectivity index (χ4v) is 1.65. The highest BCUT2D eigenvalue weighted by atomic mass is 35.5. The Labute approximate surface area is 104 Å². The van der Waals surface area contributed by atoms with Crippen molar-refractivity contribution >= 4 is 17.6 Å². The summed E-state index contributed by atoms with van der Waals surface area (Å²) in [6.07, 6.45) is 0.472. The van der Waals surface area contributed by atoms with Crippen LogP contribution in [0.3, 0.4) is 0 Å². The predicted molar refractivity (Wildman–Crippen MR) is 64.0 cm³/mol. The lowest BCUT2D eigenvalue weighted by molar-refractivity contribution is -0.145. The van der Waals surface area contributed by atoms with Crippen LogP contribution in [0, 0.1) is 5.92 Å². The summed E-state index contributed by atoms with van der Waals surface area (Å²) < 4.78 is 5.76. The Bertz CT molecular complexity index is 456. The van der Waals surface area contributed by atoms with Crippen LogP contribution in [0.1, 0.15) is 26.3 Å². The van der Waals surface area contributed by atoms with Gasteiger partial charge in [-0.3, -0.25) is 4.79 Å². The van der Waals surface area contributed by atoms with E-state index in [-0.39, 0.29) is 16.6 Å². The fourth-order valence-electron chi connectivity index (χ4n) is 1.50. The van der Waals surface area contributed by atoms with Crippen molar-refractivity contribution in [2.45, 2.75) is 26.3 Å². The second kappa shape index (κ2) is 5.82. The molecule has 0 aliphatic carbocycles. The first-order valence-electron chi connectivity index (χ1n) is 5.29. The average Bonchev–Trinajstić information content (AvgIpc) is 2.28. The highest BCUT2D eigenvalue weighted by Gasteiger charge is 2.24. The molecule has 0 N–H and O–H groups in total. The molecule has 0 spiro atoms. The molecule has 6 heteroatoms. The van der Waals surface area contributed by atoms with Gasteiger partial charge >= 0.3 is 5.97 Å². The van der Waals surface area contributed by atoms with Crippen molar-refractivity contribution in [3.8, 4) is 0 Å². The summed E-state index contributed by atoms with van der Waals surface area (Å²) in [5, 5.41) is 4.03. The highest BCUT2D eigenvalue weighted by molar-refractivity contribution is 6.29. The SMILES string of the molecule is COC(=O)[C@H](CC(C)C)n1nc(Cl)ccc1=O. The lowest BCUT2D eigenvalue weighted by atomic mass is 10.0. The molecule has 1 aromatic heterocycles. The van der Waals surface area contributed by atoms with E-state index < -0.39 is 12.0 Å². The number of halogens is 1. The van der Waals surface area contributed by atoms with Crippen molar-refractivity contribution in [1.82, 2.24) is 9.78 Å². The molecule has 0 aromatic carbocycles. The lowest BCUT2D eigenvalue weighted by Crippen LogP contribution is -2.33. The number of rotatable bonds is 4. The maximum atomic E-state index is 11.6. The van der Waals surface area contributed by atoms with E-state index >= 15 is 0 Å². The summed E-state index contributed by atoms with van der Waals surface area (Å²) >= 11 is 5.72. The van der Waals surface area contributed by atoms with Crippen molar-refractivity contribution < 1.29 is 9.53 Å². The largest absolute Gasteiger partial charge is 0.467 e. The molecular formula is C11H15ClN2O3. The van der Waals surface area contributed by atoms with Gasteiger partial charge < -0.3 is 4.74 Å². The Morgan fingerprint density at radius 2 is 2.18 bits per heavy atom. The van der Waals surface area contributed by atoms with Gasteiger partial charge in [-0.15, -0.1) is 0 Å². The second-order valence-corrected chi connectivity index (χ2v) is 4.49. The van der Waals surface area contributed by atoms with Crippen LogP contribution >= 0.6 is 11.6 Å². The molecule has 0 bridgehead atoms. The van der Waals surface area contributed by atoms with Crippen molar-refractivity contribution in [2.24, 2.45) is 5.92 Å². The molecule has 0 radical (unpaired) electrons. The minimum atomic E-state index is -0.730. The summed E-state index contributed by atoms with van der Waals surface area (Å²) in [4.78, 5) is 23.3. The van der Waals surface area contributed by atoms with Gasteiger partial charge in [-0.05, 0) is 18.4 Å². The Hall–Kier alpha value is -1.36. The van der Waals surface area contributed by atoms with Crippen LogP contribution in [0.5, 0.6) is 0 Å². The summed E-state index contributed by atoms with van der Waals surface area (Å²) in [5.74, 6) is -0.262. The first-order valence-corrected chi connectivity index (χ1v) is 5.66. The number of carbonyl (C=O) groups excluding carboxylic acids is 1. The first kappa shape index (κ1) is 13.7. The van der Waals surface area contributed by atoms with Gasteiger partial charge in [-0.2, -0.15) is 5.10 Å². The van der Waals surface area contributed by atoms with Crippen molar-refractivity contribution in [2.75, 3.05) is 7.11 Å². The predicted octanol–water partition coefficient (Wildman–Crippen LogP) is 1.66. The van der Waals surface area contributed by atoms with Gasteiger partial charge in [0.15, 0.2) is 6.04 Å². The van der Waals surface area contributed by atoms with E-state index in [0.29, 0.717) is 6.42 Å². The molecule has 0 saturated carbocycles. The Morgan fingerprint density at radius 3 is 2.71 bits per heavy atom. The van der Waals surface area contributed by atoms with Crippen LogP contribution in [0.15, 0.2) is 16.9 Å². The zero-order valence-electron chi connectivity index (χ0n) is 10.0. The smallest absolute Gasteiger partial charge is 0.330 e. The van der Waals surface area contributed by atoms with E-state index in [1.165, 1.54) is 19.2 Å². The van der Waals surface area contributed by atoms with Crippen LogP contribution in [-0.2, 0) is 9.53 Å². The molecule has 0 saturated heterocycles. The van der Waals surface area contributed by atoms with E-state index in [4.69, 9.17) is 11.6 Å². The number of methoxy groups -OCH3 is 1. The van der Waals surface area contributed by atoms with E-state index in [0.717, 1.165) is 4.68 Å². The molecule has 0 aliphatic heterocycles. The van der Waals surface area contributed by atoms with E-state index in [1.807, 2.05) is 13.8 Å². The number of hydrogen-bond donors (Lipinski definition) is 0. The second-order valence-electron chi connectivity index (χ2n) is 4.11. The minimum absolute atomic E-state index is 0.169. The lowest BCUT2D eigenvalue weighted by Gasteiger charge is -2.17. The van der Waals surface area contributed by atoms with Crippen molar-refractivity contribution in [3.05, 3.63) is 27.6 Å². The molecule has 0 fully saturated rings. The number of nitrogens with zero attached hydrogens (tertiary/aromatic N) is 2. The maximum Gasteiger partial charge on any atom is 0.330 e. The molecule has 5 nitrogen and oxygen atoms in total. The van der Waals surface area contributed by atoms with Gasteiger partial charge in [-0.1, -0.05) is 25.4 Å². The molecule has 0 amide bonds. The van der Waals surface area contributed by atoms with E-state index in [2.05, 4.69) is 9.84 Å². The number of hydrogen-bond acceptors (Lipinski definition) is 4. The first-order chi connectivity index (χ1) is 7.95. The quantitative estimate of drug-likeness (QED) is 0.771. The summed E-state index contributed by atoms with van der Waals surface area (Å²) in [7, 11) is 1.28. The third-order valence-corrected chi connectivity index (χ3v) is 2.46. The van der Waals surface area contributed by atoms with Crippen LogP contribution in [0.4, 0.5) is 0 Å². The summed E-state index contributed by atoms with van der Waals surface area (Å²) in [5.41, 5.74) is -0.370. The summed E-state index contributed by atoms with van der Waals surface area (Å²) in [6.45, 7) is 3.90. The Kier molecular flexibility index (Phi) is 4.69. The monoisotopic (exact) mass is 258 g/mol. The van der Waals surface area contributed by atoms with Crippen LogP contribution in [0.25, 0.3) is 0 Å². The zero-order chi connectivity index (χ0) is 13.0. The van der Waals surface area contributed by atoms with Gasteiger partial charge in [0.25, 0.3) is 5.56 Å². The molecule has 1 heterocycles. The molecule has 0 aliphatic rings. The minimum Gasteiger partial charge on any atom is -0.467 e. The molecule has 17 heavy (non-hydrogen) atoms. The molecule has 1 aromatic rings. The van der Waals surface area contributed by atoms with Gasteiger partial charge in [0.1, 0.15) is 5.15 Å². The molecule has 94 valence electrons. The van der Waals surface area contributed by atoms with Gasteiger partial charge in [-0.25, -0.2) is 9.48 Å². The standard InChI is InChI=1S/C11H15ClN2O3/c1-7(2)6-8(11(16)17-3)14-10(15)5-4-9(12)13-14/h4-5,7-8H,6H2,1-3H3/t8-/m0/s1. The highest BCUT2D eigenvalue weighted by Crippen LogP contribution is 2.17. The third kappa shape index (κ3) is 3.56. The molecule has 1 rings (SSSR count). The molecule has 0 unspecified atom stereocenters. The van der Waals surface area contributed by atoms with E-state index in [9.17, 15) is 9.59 Å². The normalized spacial score (nSPS) is 12.5. The zero-order valence-corrected chi connectivity index (χ0v) is 10.8. The number of aromatic nitrogens is 2. The molecular weight excluding hydrogens is 244 g/mol. The van der Waals surface area contributed by atoms with Crippen molar-refractivity contribution in [1.29, 1.82) is 0 Å². The maximum absolute atomic E-state index is 11.6. The Balaban J connectivity index is 3.16. The van der Waals surface area contributed by atoms with E-state index in [1.54, 1.807) is 0 Å². The number of ether oxygens (including phenoxy) is 1. The van der Waals surface area contributed by atoms with Gasteiger partial charge in [0.05, 0.1) is 7.11 Å². The average molecular weight is 259 g/mol. The van der Waals surface area contributed by atoms with Crippen LogP contribution in [0.2, 0.25) is 5.15 Å². The molecule has 1 atom stereocenters. The number of carbonyl (C=O) groups is 1. The van der Waals surface area contributed by atoms with Crippen molar-refractivity contribution in [3.63, 3.8) is 0 Å². The third-order valence-electron chi connectivity index (χ3n) is 2.26.